The van der Waals surface area contributed by atoms with Gasteiger partial charge in [0, 0.05) is 6.61 Å². The average Bonchev–Trinajstić information content (AvgIpc) is 2.04. The molecule has 0 radical (unpaired) electrons. The van der Waals surface area contributed by atoms with Crippen molar-refractivity contribution in [2.75, 3.05) is 6.61 Å². The molecule has 0 aromatic carbocycles. The highest BCUT2D eigenvalue weighted by atomic mass is 16.3. The van der Waals surface area contributed by atoms with Crippen LogP contribution < -0.4 is 0 Å². The lowest BCUT2D eigenvalue weighted by molar-refractivity contribution is 0.159. The van der Waals surface area contributed by atoms with Crippen LogP contribution in [0.5, 0.6) is 0 Å². The molecule has 0 spiro atoms. The topological polar surface area (TPSA) is 20.2 Å². The van der Waals surface area contributed by atoms with Crippen LogP contribution >= 0.6 is 0 Å². The summed E-state index contributed by atoms with van der Waals surface area (Å²) in [7, 11) is 0. The minimum absolute atomic E-state index is 0.280. The molecule has 62 valence electrons. The van der Waals surface area contributed by atoms with Gasteiger partial charge in [-0.2, -0.15) is 0 Å². The van der Waals surface area contributed by atoms with E-state index in [-0.39, 0.29) is 6.61 Å². The Kier molecular flexibility index (Phi) is 2.89. The number of aliphatic hydroxyl groups is 1. The van der Waals surface area contributed by atoms with Crippen molar-refractivity contribution < 1.29 is 5.11 Å². The number of aliphatic hydroxyl groups excluding tert-OH is 1. The Morgan fingerprint density at radius 1 is 1.73 bits per heavy atom. The third-order valence-electron chi connectivity index (χ3n) is 2.59. The number of hydrogen-bond acceptors (Lipinski definition) is 1. The van der Waals surface area contributed by atoms with Crippen molar-refractivity contribution in [3.63, 3.8) is 0 Å². The van der Waals surface area contributed by atoms with Crippen LogP contribution in [-0.4, -0.2) is 11.7 Å². The van der Waals surface area contributed by atoms with Gasteiger partial charge in [-0.25, -0.2) is 0 Å². The van der Waals surface area contributed by atoms with E-state index < -0.39 is 0 Å². The molecule has 1 aliphatic rings. The number of hydrogen-bond donors (Lipinski definition) is 1. The molecule has 3 atom stereocenters. The van der Waals surface area contributed by atoms with Gasteiger partial charge >= 0.3 is 0 Å². The molecular weight excluding hydrogens is 136 g/mol. The monoisotopic (exact) mass is 152 g/mol. The predicted molar refractivity (Wildman–Crippen MR) is 47.2 cm³/mol. The van der Waals surface area contributed by atoms with Crippen LogP contribution in [0.3, 0.4) is 0 Å². The summed E-state index contributed by atoms with van der Waals surface area (Å²) in [5, 5.41) is 9.08. The lowest BCUT2D eigenvalue weighted by Crippen LogP contribution is -2.25. The number of allylic oxidation sites excluding steroid dienone is 3. The molecule has 0 heterocycles. The minimum Gasteiger partial charge on any atom is -0.396 e. The zero-order valence-electron chi connectivity index (χ0n) is 7.03. The fraction of sp³-hybridized carbons (Fsp3) is 0.600. The van der Waals surface area contributed by atoms with E-state index >= 15 is 0 Å². The van der Waals surface area contributed by atoms with Gasteiger partial charge < -0.3 is 5.11 Å². The van der Waals surface area contributed by atoms with E-state index in [1.54, 1.807) is 0 Å². The second kappa shape index (κ2) is 3.72. The van der Waals surface area contributed by atoms with Crippen LogP contribution in [-0.2, 0) is 0 Å². The number of rotatable bonds is 2. The highest BCUT2D eigenvalue weighted by molar-refractivity contribution is 5.03. The SMILES string of the molecule is C=C[C@H]1CC=C[C@@H](C)[C@H]1CO. The molecule has 0 aliphatic heterocycles. The molecule has 0 amide bonds. The maximum absolute atomic E-state index is 9.08. The summed E-state index contributed by atoms with van der Waals surface area (Å²) in [4.78, 5) is 0. The second-order valence-corrected chi connectivity index (χ2v) is 3.27. The maximum Gasteiger partial charge on any atom is 0.0470 e. The minimum atomic E-state index is 0.280. The molecule has 1 nitrogen and oxygen atoms in total. The van der Waals surface area contributed by atoms with Gasteiger partial charge in [0.05, 0.1) is 0 Å². The van der Waals surface area contributed by atoms with Gasteiger partial charge in [0.15, 0.2) is 0 Å². The molecule has 0 unspecified atom stereocenters. The van der Waals surface area contributed by atoms with Crippen molar-refractivity contribution in [1.29, 1.82) is 0 Å². The Morgan fingerprint density at radius 3 is 2.91 bits per heavy atom. The van der Waals surface area contributed by atoms with E-state index in [0.717, 1.165) is 6.42 Å². The van der Waals surface area contributed by atoms with Gasteiger partial charge in [0.2, 0.25) is 0 Å². The van der Waals surface area contributed by atoms with E-state index in [2.05, 4.69) is 25.7 Å². The molecule has 0 bridgehead atoms. The van der Waals surface area contributed by atoms with Gasteiger partial charge in [0.25, 0.3) is 0 Å². The lowest BCUT2D eigenvalue weighted by atomic mass is 9.77. The first-order chi connectivity index (χ1) is 5.29. The van der Waals surface area contributed by atoms with Gasteiger partial charge in [-0.05, 0) is 24.2 Å². The Balaban J connectivity index is 2.67. The quantitative estimate of drug-likeness (QED) is 0.600. The molecule has 1 aliphatic carbocycles. The van der Waals surface area contributed by atoms with Crippen LogP contribution in [0.4, 0.5) is 0 Å². The van der Waals surface area contributed by atoms with Crippen LogP contribution in [0.25, 0.3) is 0 Å². The van der Waals surface area contributed by atoms with E-state index in [1.807, 2.05) is 6.08 Å². The summed E-state index contributed by atoms with van der Waals surface area (Å²) in [6.07, 6.45) is 7.37. The molecular formula is C10H16O. The first-order valence-electron chi connectivity index (χ1n) is 4.19. The standard InChI is InChI=1S/C10H16O/c1-3-9-6-4-5-8(2)10(9)7-11/h3-5,8-11H,1,6-7H2,2H3/t8-,9+,10-/m1/s1. The molecule has 1 N–H and O–H groups in total. The largest absolute Gasteiger partial charge is 0.396 e. The van der Waals surface area contributed by atoms with Gasteiger partial charge in [-0.1, -0.05) is 25.2 Å². The van der Waals surface area contributed by atoms with E-state index in [0.29, 0.717) is 17.8 Å². The normalized spacial score (nSPS) is 37.1. The Labute approximate surface area is 68.4 Å². The summed E-state index contributed by atoms with van der Waals surface area (Å²) < 4.78 is 0. The summed E-state index contributed by atoms with van der Waals surface area (Å²) in [5.74, 6) is 1.36. The highest BCUT2D eigenvalue weighted by Crippen LogP contribution is 2.30. The van der Waals surface area contributed by atoms with Crippen molar-refractivity contribution in [2.24, 2.45) is 17.8 Å². The molecule has 0 fully saturated rings. The molecule has 0 saturated carbocycles. The molecule has 0 aromatic heterocycles. The van der Waals surface area contributed by atoms with Crippen LogP contribution in [0, 0.1) is 17.8 Å². The Hall–Kier alpha value is -0.560. The van der Waals surface area contributed by atoms with Gasteiger partial charge in [-0.15, -0.1) is 6.58 Å². The third kappa shape index (κ3) is 1.72. The zero-order valence-corrected chi connectivity index (χ0v) is 7.03. The van der Waals surface area contributed by atoms with Crippen molar-refractivity contribution >= 4 is 0 Å². The summed E-state index contributed by atoms with van der Waals surface area (Å²) in [5.41, 5.74) is 0. The first-order valence-corrected chi connectivity index (χ1v) is 4.19. The summed E-state index contributed by atoms with van der Waals surface area (Å²) in [6.45, 7) is 6.20. The first kappa shape index (κ1) is 8.54. The summed E-state index contributed by atoms with van der Waals surface area (Å²) in [6, 6.07) is 0. The maximum atomic E-state index is 9.08. The van der Waals surface area contributed by atoms with E-state index in [1.165, 1.54) is 0 Å². The van der Waals surface area contributed by atoms with Crippen LogP contribution in [0.2, 0.25) is 0 Å². The van der Waals surface area contributed by atoms with Crippen molar-refractivity contribution in [3.8, 4) is 0 Å². The Bertz CT molecular complexity index is 160. The Morgan fingerprint density at radius 2 is 2.45 bits per heavy atom. The van der Waals surface area contributed by atoms with Crippen molar-refractivity contribution in [3.05, 3.63) is 24.8 Å². The van der Waals surface area contributed by atoms with Crippen molar-refractivity contribution in [1.82, 2.24) is 0 Å². The molecule has 0 saturated heterocycles. The smallest absolute Gasteiger partial charge is 0.0470 e. The average molecular weight is 152 g/mol. The highest BCUT2D eigenvalue weighted by Gasteiger charge is 2.24. The molecule has 1 heteroatoms. The van der Waals surface area contributed by atoms with Crippen LogP contribution in [0.15, 0.2) is 24.8 Å². The molecule has 1 rings (SSSR count). The molecule has 11 heavy (non-hydrogen) atoms. The van der Waals surface area contributed by atoms with E-state index in [9.17, 15) is 0 Å². The fourth-order valence-corrected chi connectivity index (χ4v) is 1.73. The summed E-state index contributed by atoms with van der Waals surface area (Å²) >= 11 is 0. The van der Waals surface area contributed by atoms with Gasteiger partial charge in [0.1, 0.15) is 0 Å². The van der Waals surface area contributed by atoms with Gasteiger partial charge in [-0.3, -0.25) is 0 Å². The van der Waals surface area contributed by atoms with Crippen molar-refractivity contribution in [2.45, 2.75) is 13.3 Å². The second-order valence-electron chi connectivity index (χ2n) is 3.27. The lowest BCUT2D eigenvalue weighted by Gasteiger charge is -2.29. The van der Waals surface area contributed by atoms with Crippen LogP contribution in [0.1, 0.15) is 13.3 Å². The van der Waals surface area contributed by atoms with E-state index in [4.69, 9.17) is 5.11 Å². The fourth-order valence-electron chi connectivity index (χ4n) is 1.73. The zero-order chi connectivity index (χ0) is 8.27. The third-order valence-corrected chi connectivity index (χ3v) is 2.59. The predicted octanol–water partition coefficient (Wildman–Crippen LogP) is 1.99. The molecule has 0 aromatic rings.